The first-order chi connectivity index (χ1) is 40.2. The van der Waals surface area contributed by atoms with E-state index in [1.165, 1.54) is 225 Å². The molecule has 0 radical (unpaired) electrons. The van der Waals surface area contributed by atoms with Gasteiger partial charge in [0.25, 0.3) is 0 Å². The Morgan fingerprint density at radius 3 is 1.32 bits per heavy atom. The van der Waals surface area contributed by atoms with Crippen LogP contribution in [0.3, 0.4) is 0 Å². The highest BCUT2D eigenvalue weighted by Crippen LogP contribution is 2.23. The number of ether oxygens (including phenoxy) is 3. The molecule has 7 atom stereocenters. The molecular formula is C71H129NO10. The van der Waals surface area contributed by atoms with Crippen LogP contribution in [0.5, 0.6) is 0 Å². The number of carbonyl (C=O) groups excluding carboxylic acids is 2. The van der Waals surface area contributed by atoms with Crippen molar-refractivity contribution in [3.05, 3.63) is 60.8 Å². The van der Waals surface area contributed by atoms with Crippen LogP contribution in [0, 0.1) is 0 Å². The molecule has 0 aromatic heterocycles. The number of nitrogens with one attached hydrogen (secondary N) is 1. The fourth-order valence-electron chi connectivity index (χ4n) is 10.6. The van der Waals surface area contributed by atoms with E-state index >= 15 is 0 Å². The van der Waals surface area contributed by atoms with E-state index in [2.05, 4.69) is 67.8 Å². The summed E-state index contributed by atoms with van der Waals surface area (Å²) in [6, 6.07) is -0.830. The van der Waals surface area contributed by atoms with E-state index in [0.717, 1.165) is 64.2 Å². The molecular weight excluding hydrogens is 1030 g/mol. The Kier molecular flexibility index (Phi) is 56.7. The minimum Gasteiger partial charge on any atom is -0.466 e. The predicted molar refractivity (Wildman–Crippen MR) is 343 cm³/mol. The molecule has 0 aliphatic carbocycles. The van der Waals surface area contributed by atoms with Crippen LogP contribution in [-0.4, -0.2) is 100 Å². The van der Waals surface area contributed by atoms with Gasteiger partial charge in [-0.1, -0.05) is 267 Å². The van der Waals surface area contributed by atoms with E-state index in [1.807, 2.05) is 6.08 Å². The third kappa shape index (κ3) is 48.6. The topological polar surface area (TPSA) is 175 Å². The molecule has 11 nitrogen and oxygen atoms in total. The zero-order valence-electron chi connectivity index (χ0n) is 52.9. The molecule has 0 saturated carbocycles. The quantitative estimate of drug-likeness (QED) is 0.0195. The molecule has 0 spiro atoms. The van der Waals surface area contributed by atoms with Crippen LogP contribution in [0.25, 0.3) is 0 Å². The van der Waals surface area contributed by atoms with Gasteiger partial charge in [-0.3, -0.25) is 9.59 Å². The number of hydrogen-bond donors (Lipinski definition) is 6. The minimum absolute atomic E-state index is 0.00844. The third-order valence-corrected chi connectivity index (χ3v) is 16.1. The molecule has 1 saturated heterocycles. The fraction of sp³-hybridized carbons (Fsp3) is 0.831. The van der Waals surface area contributed by atoms with Crippen molar-refractivity contribution in [1.29, 1.82) is 0 Å². The van der Waals surface area contributed by atoms with Crippen molar-refractivity contribution >= 4 is 11.9 Å². The lowest BCUT2D eigenvalue weighted by molar-refractivity contribution is -0.302. The molecule has 1 amide bonds. The Morgan fingerprint density at radius 2 is 0.841 bits per heavy atom. The maximum absolute atomic E-state index is 13.1. The number of carbonyl (C=O) groups is 2. The van der Waals surface area contributed by atoms with Gasteiger partial charge in [0.1, 0.15) is 24.4 Å². The maximum atomic E-state index is 13.1. The summed E-state index contributed by atoms with van der Waals surface area (Å²) in [6.45, 7) is 4.30. The molecule has 478 valence electrons. The number of aliphatic hydroxyl groups is 5. The Bertz CT molecular complexity index is 1550. The first kappa shape index (κ1) is 77.4. The number of esters is 1. The lowest BCUT2D eigenvalue weighted by Gasteiger charge is -2.40. The smallest absolute Gasteiger partial charge is 0.305 e. The van der Waals surface area contributed by atoms with Crippen molar-refractivity contribution in [2.45, 2.75) is 358 Å². The van der Waals surface area contributed by atoms with Crippen LogP contribution in [0.2, 0.25) is 0 Å². The van der Waals surface area contributed by atoms with Crippen molar-refractivity contribution in [2.75, 3.05) is 19.8 Å². The zero-order valence-corrected chi connectivity index (χ0v) is 52.9. The second-order valence-electron chi connectivity index (χ2n) is 23.9. The van der Waals surface area contributed by atoms with Crippen LogP contribution < -0.4 is 5.32 Å². The molecule has 7 unspecified atom stereocenters. The normalized spacial score (nSPS) is 18.5. The zero-order chi connectivity index (χ0) is 59.5. The van der Waals surface area contributed by atoms with Crippen LogP contribution in [-0.2, 0) is 23.8 Å². The van der Waals surface area contributed by atoms with E-state index in [0.29, 0.717) is 19.4 Å². The van der Waals surface area contributed by atoms with Crippen molar-refractivity contribution in [3.63, 3.8) is 0 Å². The first-order valence-corrected chi connectivity index (χ1v) is 34.6. The van der Waals surface area contributed by atoms with Gasteiger partial charge in [-0.15, -0.1) is 0 Å². The summed E-state index contributed by atoms with van der Waals surface area (Å²) in [6.07, 6.45) is 69.1. The van der Waals surface area contributed by atoms with E-state index in [9.17, 15) is 35.1 Å². The Balaban J connectivity index is 2.02. The largest absolute Gasteiger partial charge is 0.466 e. The molecule has 0 aromatic rings. The Labute approximate surface area is 503 Å². The predicted octanol–water partition coefficient (Wildman–Crippen LogP) is 17.3. The van der Waals surface area contributed by atoms with Crippen molar-refractivity contribution in [3.8, 4) is 0 Å². The van der Waals surface area contributed by atoms with Crippen LogP contribution in [0.15, 0.2) is 60.8 Å². The van der Waals surface area contributed by atoms with Crippen molar-refractivity contribution in [1.82, 2.24) is 5.32 Å². The number of unbranched alkanes of at least 4 members (excludes halogenated alkanes) is 38. The molecule has 0 bridgehead atoms. The van der Waals surface area contributed by atoms with Gasteiger partial charge in [0, 0.05) is 12.8 Å². The highest BCUT2D eigenvalue weighted by molar-refractivity contribution is 5.76. The average molecular weight is 1160 g/mol. The number of rotatable bonds is 60. The minimum atomic E-state index is -1.58. The van der Waals surface area contributed by atoms with Gasteiger partial charge in [0.2, 0.25) is 5.91 Å². The number of aliphatic hydroxyl groups excluding tert-OH is 5. The molecule has 6 N–H and O–H groups in total. The first-order valence-electron chi connectivity index (χ1n) is 34.6. The molecule has 11 heteroatoms. The van der Waals surface area contributed by atoms with E-state index in [4.69, 9.17) is 14.2 Å². The standard InChI is InChI=1S/C71H129NO10/c1-3-5-7-9-11-13-15-16-34-38-41-45-49-53-57-64(74)63(62-81-71-70(79)69(78)68(77)65(61-73)82-71)72-66(75)58-54-50-46-42-39-35-32-30-28-26-24-22-20-18-17-19-21-23-25-27-29-31-33-36-40-44-48-52-56-60-80-67(76)59-55-51-47-43-37-14-12-10-8-6-4-2/h10,12,17,19,23,25,38,41,53,57,63-65,68-71,73-74,77-79H,3-9,11,13-16,18,20-22,24,26-37,39-40,42-52,54-56,58-62H2,1-2H3,(H,72,75)/b12-10-,19-17-,25-23-,41-38+,57-53+. The Morgan fingerprint density at radius 1 is 0.451 bits per heavy atom. The number of allylic oxidation sites excluding steroid dienone is 9. The van der Waals surface area contributed by atoms with Crippen molar-refractivity contribution < 1.29 is 49.3 Å². The molecule has 1 fully saturated rings. The molecule has 0 aromatic carbocycles. The van der Waals surface area contributed by atoms with Gasteiger partial charge in [-0.2, -0.15) is 0 Å². The average Bonchev–Trinajstić information content (AvgIpc) is 3.48. The summed E-state index contributed by atoms with van der Waals surface area (Å²) in [7, 11) is 0. The number of amides is 1. The lowest BCUT2D eigenvalue weighted by Crippen LogP contribution is -2.60. The van der Waals surface area contributed by atoms with Gasteiger partial charge in [0.05, 0.1) is 32.0 Å². The lowest BCUT2D eigenvalue weighted by atomic mass is 9.99. The molecule has 1 aliphatic rings. The van der Waals surface area contributed by atoms with E-state index in [1.54, 1.807) is 6.08 Å². The third-order valence-electron chi connectivity index (χ3n) is 16.1. The van der Waals surface area contributed by atoms with Gasteiger partial charge in [-0.25, -0.2) is 0 Å². The van der Waals surface area contributed by atoms with E-state index in [-0.39, 0.29) is 18.5 Å². The molecule has 1 aliphatic heterocycles. The van der Waals surface area contributed by atoms with E-state index < -0.39 is 49.5 Å². The highest BCUT2D eigenvalue weighted by Gasteiger charge is 2.44. The molecule has 82 heavy (non-hydrogen) atoms. The van der Waals surface area contributed by atoms with Crippen LogP contribution in [0.4, 0.5) is 0 Å². The summed E-state index contributed by atoms with van der Waals surface area (Å²) >= 11 is 0. The SMILES string of the molecule is CCCC/C=C\CCCCCCCC(=O)OCCCCCCCCCCC/C=C\C/C=C\CCCCCCCCCCCCCCCC(=O)NC(COC1OC(CO)C(O)C(O)C1O)C(O)/C=C/CC/C=C/CCCCCCCCCC. The second-order valence-corrected chi connectivity index (χ2v) is 23.9. The van der Waals surface area contributed by atoms with Gasteiger partial charge < -0.3 is 45.1 Å². The summed E-state index contributed by atoms with van der Waals surface area (Å²) < 4.78 is 16.7. The monoisotopic (exact) mass is 1160 g/mol. The van der Waals surface area contributed by atoms with Gasteiger partial charge in [-0.05, 0) is 96.3 Å². The highest BCUT2D eigenvalue weighted by atomic mass is 16.7. The summed E-state index contributed by atoms with van der Waals surface area (Å²) in [5, 5.41) is 54.5. The van der Waals surface area contributed by atoms with Crippen molar-refractivity contribution in [2.24, 2.45) is 0 Å². The fourth-order valence-corrected chi connectivity index (χ4v) is 10.6. The summed E-state index contributed by atoms with van der Waals surface area (Å²) in [5.74, 6) is -0.201. The van der Waals surface area contributed by atoms with Gasteiger partial charge >= 0.3 is 5.97 Å². The van der Waals surface area contributed by atoms with Crippen LogP contribution >= 0.6 is 0 Å². The molecule has 1 rings (SSSR count). The molecule has 1 heterocycles. The summed E-state index contributed by atoms with van der Waals surface area (Å²) in [4.78, 5) is 25.1. The second kappa shape index (κ2) is 60.1. The van der Waals surface area contributed by atoms with Crippen LogP contribution in [0.1, 0.15) is 316 Å². The Hall–Kier alpha value is -2.64. The number of hydrogen-bond acceptors (Lipinski definition) is 10. The summed E-state index contributed by atoms with van der Waals surface area (Å²) in [5.41, 5.74) is 0. The maximum Gasteiger partial charge on any atom is 0.305 e. The van der Waals surface area contributed by atoms with Gasteiger partial charge in [0.15, 0.2) is 6.29 Å².